The van der Waals surface area contributed by atoms with Crippen molar-refractivity contribution in [2.75, 3.05) is 0 Å². The highest BCUT2D eigenvalue weighted by molar-refractivity contribution is 4.74. The molecule has 0 amide bonds. The van der Waals surface area contributed by atoms with Crippen LogP contribution < -0.4 is 5.73 Å². The van der Waals surface area contributed by atoms with E-state index in [0.717, 1.165) is 26.2 Å². The number of quaternary nitrogens is 1. The third kappa shape index (κ3) is 7.90. The van der Waals surface area contributed by atoms with Gasteiger partial charge in [0.15, 0.2) is 0 Å². The zero-order valence-electron chi connectivity index (χ0n) is 11.3. The van der Waals surface area contributed by atoms with E-state index in [4.69, 9.17) is 0 Å². The second-order valence-electron chi connectivity index (χ2n) is 5.05. The molecule has 0 radical (unpaired) electrons. The van der Waals surface area contributed by atoms with E-state index < -0.39 is 24.7 Å². The maximum atomic E-state index is 13.5. The van der Waals surface area contributed by atoms with Crippen molar-refractivity contribution in [3.05, 3.63) is 0 Å². The van der Waals surface area contributed by atoms with Crippen molar-refractivity contribution in [2.24, 2.45) is 0 Å². The fourth-order valence-corrected chi connectivity index (χ4v) is 1.81. The van der Waals surface area contributed by atoms with Gasteiger partial charge in [-0.1, -0.05) is 13.3 Å². The first kappa shape index (κ1) is 17.7. The first-order chi connectivity index (χ1) is 8.38. The third-order valence-electron chi connectivity index (χ3n) is 3.13. The van der Waals surface area contributed by atoms with Gasteiger partial charge in [-0.15, -0.1) is 0 Å². The van der Waals surface area contributed by atoms with Gasteiger partial charge in [-0.2, -0.15) is 0 Å². The van der Waals surface area contributed by atoms with Crippen molar-refractivity contribution in [1.29, 1.82) is 0 Å². The van der Waals surface area contributed by atoms with Crippen LogP contribution in [-0.4, -0.2) is 30.7 Å². The van der Waals surface area contributed by atoms with E-state index in [2.05, 4.69) is 5.73 Å². The van der Waals surface area contributed by atoms with Gasteiger partial charge in [0.2, 0.25) is 0 Å². The quantitative estimate of drug-likeness (QED) is 0.591. The SMILES string of the molecule is CCCCC([NH3+])CC(F)C(F)CCC(F)C(C)F. The highest BCUT2D eigenvalue weighted by atomic mass is 19.2. The lowest BCUT2D eigenvalue weighted by Gasteiger charge is -2.17. The predicted molar refractivity (Wildman–Crippen MR) is 65.3 cm³/mol. The molecule has 5 unspecified atom stereocenters. The molecule has 110 valence electrons. The van der Waals surface area contributed by atoms with Gasteiger partial charge in [-0.25, -0.2) is 17.6 Å². The van der Waals surface area contributed by atoms with Crippen LogP contribution in [0.5, 0.6) is 0 Å². The van der Waals surface area contributed by atoms with Crippen LogP contribution in [0.15, 0.2) is 0 Å². The van der Waals surface area contributed by atoms with Crippen molar-refractivity contribution in [3.8, 4) is 0 Å². The minimum Gasteiger partial charge on any atom is -0.355 e. The minimum absolute atomic E-state index is 0.0588. The van der Waals surface area contributed by atoms with E-state index >= 15 is 0 Å². The van der Waals surface area contributed by atoms with Gasteiger partial charge < -0.3 is 5.73 Å². The largest absolute Gasteiger partial charge is 0.355 e. The highest BCUT2D eigenvalue weighted by Gasteiger charge is 2.26. The Labute approximate surface area is 107 Å². The molecule has 0 heterocycles. The van der Waals surface area contributed by atoms with Crippen LogP contribution in [0.25, 0.3) is 0 Å². The Morgan fingerprint density at radius 1 is 0.889 bits per heavy atom. The Morgan fingerprint density at radius 3 is 1.94 bits per heavy atom. The van der Waals surface area contributed by atoms with Gasteiger partial charge >= 0.3 is 0 Å². The van der Waals surface area contributed by atoms with Crippen LogP contribution >= 0.6 is 0 Å². The molecule has 0 saturated heterocycles. The normalized spacial score (nSPS) is 20.2. The van der Waals surface area contributed by atoms with Crippen LogP contribution in [0.1, 0.15) is 52.4 Å². The average molecular weight is 272 g/mol. The molecule has 0 aromatic rings. The first-order valence-corrected chi connectivity index (χ1v) is 6.77. The zero-order valence-corrected chi connectivity index (χ0v) is 11.3. The average Bonchev–Trinajstić information content (AvgIpc) is 2.32. The summed E-state index contributed by atoms with van der Waals surface area (Å²) in [6, 6.07) is -0.112. The molecule has 0 saturated carbocycles. The highest BCUT2D eigenvalue weighted by Crippen LogP contribution is 2.19. The van der Waals surface area contributed by atoms with Crippen LogP contribution in [0.2, 0.25) is 0 Å². The fraction of sp³-hybridized carbons (Fsp3) is 1.00. The summed E-state index contributed by atoms with van der Waals surface area (Å²) in [5.74, 6) is 0. The lowest BCUT2D eigenvalue weighted by molar-refractivity contribution is -0.425. The van der Waals surface area contributed by atoms with Gasteiger partial charge in [0.05, 0.1) is 6.04 Å². The Bertz CT molecular complexity index is 201. The molecule has 1 nitrogen and oxygen atoms in total. The number of alkyl halides is 4. The maximum absolute atomic E-state index is 13.5. The molecule has 0 rings (SSSR count). The van der Waals surface area contributed by atoms with E-state index in [1.54, 1.807) is 0 Å². The fourth-order valence-electron chi connectivity index (χ4n) is 1.81. The van der Waals surface area contributed by atoms with E-state index in [-0.39, 0.29) is 25.3 Å². The predicted octanol–water partition coefficient (Wildman–Crippen LogP) is 3.33. The standard InChI is InChI=1S/C13H25F4N/c1-3-4-5-10(18)8-13(17)12(16)7-6-11(15)9(2)14/h9-13H,3-8,18H2,1-2H3/p+1. The molecule has 0 aliphatic carbocycles. The number of hydrogen-bond donors (Lipinski definition) is 1. The van der Waals surface area contributed by atoms with Gasteiger partial charge in [0.25, 0.3) is 0 Å². The maximum Gasteiger partial charge on any atom is 0.137 e. The molecular formula is C13H26F4N+. The second-order valence-corrected chi connectivity index (χ2v) is 5.05. The van der Waals surface area contributed by atoms with Crippen molar-refractivity contribution in [3.63, 3.8) is 0 Å². The topological polar surface area (TPSA) is 27.6 Å². The Balaban J connectivity index is 3.84. The summed E-state index contributed by atoms with van der Waals surface area (Å²) in [7, 11) is 0. The molecule has 5 heteroatoms. The number of halogens is 4. The van der Waals surface area contributed by atoms with E-state index in [9.17, 15) is 17.6 Å². The summed E-state index contributed by atoms with van der Waals surface area (Å²) in [5.41, 5.74) is 3.78. The van der Waals surface area contributed by atoms with Crippen molar-refractivity contribution < 1.29 is 23.3 Å². The first-order valence-electron chi connectivity index (χ1n) is 6.77. The lowest BCUT2D eigenvalue weighted by Crippen LogP contribution is -2.62. The molecular weight excluding hydrogens is 246 g/mol. The second kappa shape index (κ2) is 9.59. The minimum atomic E-state index is -1.71. The smallest absolute Gasteiger partial charge is 0.137 e. The summed E-state index contributed by atoms with van der Waals surface area (Å²) >= 11 is 0. The van der Waals surface area contributed by atoms with E-state index in [0.29, 0.717) is 0 Å². The van der Waals surface area contributed by atoms with Crippen molar-refractivity contribution in [2.45, 2.75) is 83.1 Å². The van der Waals surface area contributed by atoms with Gasteiger partial charge in [-0.3, -0.25) is 0 Å². The molecule has 3 N–H and O–H groups in total. The number of hydrogen-bond acceptors (Lipinski definition) is 0. The molecule has 0 spiro atoms. The van der Waals surface area contributed by atoms with Crippen LogP contribution in [0.3, 0.4) is 0 Å². The summed E-state index contributed by atoms with van der Waals surface area (Å²) in [6.07, 6.45) is -4.41. The lowest BCUT2D eigenvalue weighted by atomic mass is 9.99. The Kier molecular flexibility index (Phi) is 9.42. The van der Waals surface area contributed by atoms with E-state index in [1.165, 1.54) is 0 Å². The third-order valence-corrected chi connectivity index (χ3v) is 3.13. The summed E-state index contributed by atoms with van der Waals surface area (Å²) in [6.45, 7) is 3.11. The molecule has 0 fully saturated rings. The van der Waals surface area contributed by atoms with E-state index in [1.807, 2.05) is 6.92 Å². The van der Waals surface area contributed by atoms with Crippen LogP contribution in [0, 0.1) is 0 Å². The van der Waals surface area contributed by atoms with Crippen LogP contribution in [-0.2, 0) is 0 Å². The van der Waals surface area contributed by atoms with Crippen molar-refractivity contribution in [1.82, 2.24) is 0 Å². The molecule has 0 aliphatic heterocycles. The van der Waals surface area contributed by atoms with Crippen molar-refractivity contribution >= 4 is 0 Å². The molecule has 0 aromatic heterocycles. The van der Waals surface area contributed by atoms with Gasteiger partial charge in [0, 0.05) is 6.42 Å². The summed E-state index contributed by atoms with van der Waals surface area (Å²) in [4.78, 5) is 0. The zero-order chi connectivity index (χ0) is 14.1. The summed E-state index contributed by atoms with van der Waals surface area (Å²) in [5, 5.41) is 0. The molecule has 5 atom stereocenters. The van der Waals surface area contributed by atoms with Crippen LogP contribution in [0.4, 0.5) is 17.6 Å². The monoisotopic (exact) mass is 272 g/mol. The summed E-state index contributed by atoms with van der Waals surface area (Å²) < 4.78 is 52.3. The Hall–Kier alpha value is -0.320. The molecule has 18 heavy (non-hydrogen) atoms. The molecule has 0 bridgehead atoms. The molecule has 0 aliphatic rings. The Morgan fingerprint density at radius 2 is 1.44 bits per heavy atom. The number of unbranched alkanes of at least 4 members (excludes halogenated alkanes) is 1. The van der Waals surface area contributed by atoms with Gasteiger partial charge in [-0.05, 0) is 32.6 Å². The number of rotatable bonds is 10. The van der Waals surface area contributed by atoms with Gasteiger partial charge in [0.1, 0.15) is 24.7 Å². The molecule has 0 aromatic carbocycles.